The minimum absolute atomic E-state index is 0.00891. The van der Waals surface area contributed by atoms with Crippen LogP contribution >= 0.6 is 27.3 Å². The van der Waals surface area contributed by atoms with E-state index in [1.807, 2.05) is 18.4 Å². The minimum atomic E-state index is 0.00891. The van der Waals surface area contributed by atoms with Crippen molar-refractivity contribution in [3.8, 4) is 0 Å². The Morgan fingerprint density at radius 2 is 2.50 bits per heavy atom. The molecule has 0 fully saturated rings. The number of nitrogens with two attached hydrogens (primary N) is 1. The maximum atomic E-state index is 5.55. The number of thiazole rings is 1. The molecule has 0 aliphatic heterocycles. The summed E-state index contributed by atoms with van der Waals surface area (Å²) in [6, 6.07) is 1.91. The van der Waals surface area contributed by atoms with Crippen molar-refractivity contribution < 1.29 is 4.42 Å². The molecule has 3 N–H and O–H groups in total. The normalized spacial score (nSPS) is 12.9. The van der Waals surface area contributed by atoms with Crippen LogP contribution in [0.25, 0.3) is 0 Å². The van der Waals surface area contributed by atoms with Crippen LogP contribution in [0, 0.1) is 6.92 Å². The first-order valence-electron chi connectivity index (χ1n) is 4.80. The first-order valence-corrected chi connectivity index (χ1v) is 6.48. The molecule has 6 heteroatoms. The molecule has 0 bridgehead atoms. The zero-order valence-corrected chi connectivity index (χ0v) is 11.1. The zero-order valence-electron chi connectivity index (χ0n) is 8.74. The van der Waals surface area contributed by atoms with Crippen LogP contribution in [-0.2, 0) is 6.42 Å². The number of halogens is 1. The molecule has 86 valence electrons. The van der Waals surface area contributed by atoms with E-state index in [1.165, 1.54) is 0 Å². The van der Waals surface area contributed by atoms with Crippen molar-refractivity contribution in [3.63, 3.8) is 0 Å². The molecule has 1 atom stereocenters. The van der Waals surface area contributed by atoms with E-state index in [4.69, 9.17) is 10.3 Å². The summed E-state index contributed by atoms with van der Waals surface area (Å²) in [5, 5.41) is 3.12. The topological polar surface area (TPSA) is 64.1 Å². The van der Waals surface area contributed by atoms with Crippen molar-refractivity contribution in [2.45, 2.75) is 19.4 Å². The second-order valence-electron chi connectivity index (χ2n) is 3.43. The van der Waals surface area contributed by atoms with E-state index in [2.05, 4.69) is 26.3 Å². The third-order valence-electron chi connectivity index (χ3n) is 2.30. The average molecular weight is 302 g/mol. The van der Waals surface area contributed by atoms with Crippen LogP contribution in [0.1, 0.15) is 22.3 Å². The molecule has 2 aromatic rings. The molecule has 0 saturated heterocycles. The van der Waals surface area contributed by atoms with Crippen molar-refractivity contribution in [2.24, 2.45) is 5.84 Å². The number of furan rings is 1. The van der Waals surface area contributed by atoms with E-state index in [9.17, 15) is 0 Å². The van der Waals surface area contributed by atoms with Gasteiger partial charge in [-0.2, -0.15) is 0 Å². The first-order chi connectivity index (χ1) is 7.70. The van der Waals surface area contributed by atoms with Crippen molar-refractivity contribution in [3.05, 3.63) is 38.6 Å². The molecule has 0 spiro atoms. The van der Waals surface area contributed by atoms with Gasteiger partial charge in [0.15, 0.2) is 4.67 Å². The van der Waals surface area contributed by atoms with Crippen LogP contribution < -0.4 is 11.3 Å². The molecule has 4 nitrogen and oxygen atoms in total. The van der Waals surface area contributed by atoms with Crippen molar-refractivity contribution in [2.75, 3.05) is 0 Å². The minimum Gasteiger partial charge on any atom is -0.457 e. The van der Waals surface area contributed by atoms with Gasteiger partial charge in [0, 0.05) is 17.4 Å². The van der Waals surface area contributed by atoms with E-state index in [1.54, 1.807) is 17.6 Å². The second kappa shape index (κ2) is 5.09. The van der Waals surface area contributed by atoms with Gasteiger partial charge in [-0.15, -0.1) is 11.3 Å². The Kier molecular flexibility index (Phi) is 3.75. The van der Waals surface area contributed by atoms with Crippen LogP contribution in [-0.4, -0.2) is 4.98 Å². The van der Waals surface area contributed by atoms with Crippen molar-refractivity contribution >= 4 is 27.3 Å². The molecule has 2 rings (SSSR count). The number of aromatic nitrogens is 1. The summed E-state index contributed by atoms with van der Waals surface area (Å²) in [6.45, 7) is 1.99. The highest BCUT2D eigenvalue weighted by Crippen LogP contribution is 2.26. The molecule has 0 aliphatic rings. The van der Waals surface area contributed by atoms with Gasteiger partial charge in [0.1, 0.15) is 0 Å². The van der Waals surface area contributed by atoms with Gasteiger partial charge in [0.05, 0.1) is 23.0 Å². The fraction of sp³-hybridized carbons (Fsp3) is 0.300. The Morgan fingerprint density at radius 1 is 1.69 bits per heavy atom. The number of nitrogens with one attached hydrogen (secondary N) is 1. The molecule has 2 heterocycles. The van der Waals surface area contributed by atoms with Crippen LogP contribution in [0.5, 0.6) is 0 Å². The largest absolute Gasteiger partial charge is 0.457 e. The number of nitrogens with zero attached hydrogens (tertiary/aromatic N) is 1. The fourth-order valence-corrected chi connectivity index (χ4v) is 2.67. The van der Waals surface area contributed by atoms with E-state index in [0.29, 0.717) is 4.67 Å². The third kappa shape index (κ3) is 2.52. The molecule has 0 radical (unpaired) electrons. The van der Waals surface area contributed by atoms with E-state index in [-0.39, 0.29) is 6.04 Å². The Morgan fingerprint density at radius 3 is 3.00 bits per heavy atom. The fourth-order valence-electron chi connectivity index (χ4n) is 1.52. The Bertz CT molecular complexity index is 468. The lowest BCUT2D eigenvalue weighted by atomic mass is 10.1. The van der Waals surface area contributed by atoms with Gasteiger partial charge in [-0.05, 0) is 28.9 Å². The standard InChI is InChI=1S/C10H12BrN3OS/c1-6-13-7(5-16-6)4-9(14-12)8-2-3-15-10(8)11/h2-3,5,9,14H,4,12H2,1H3. The maximum absolute atomic E-state index is 5.55. The lowest BCUT2D eigenvalue weighted by molar-refractivity contribution is 0.505. The second-order valence-corrected chi connectivity index (χ2v) is 5.21. The molecule has 0 amide bonds. The molecular formula is C10H12BrN3OS. The summed E-state index contributed by atoms with van der Waals surface area (Å²) in [5.74, 6) is 5.55. The highest BCUT2D eigenvalue weighted by atomic mass is 79.9. The molecular weight excluding hydrogens is 290 g/mol. The molecule has 1 unspecified atom stereocenters. The molecule has 16 heavy (non-hydrogen) atoms. The predicted octanol–water partition coefficient (Wildman–Crippen LogP) is 2.55. The quantitative estimate of drug-likeness (QED) is 0.673. The Labute approximate surface area is 106 Å². The van der Waals surface area contributed by atoms with E-state index in [0.717, 1.165) is 22.7 Å². The number of hydrogen-bond acceptors (Lipinski definition) is 5. The maximum Gasteiger partial charge on any atom is 0.173 e. The number of hydrogen-bond donors (Lipinski definition) is 2. The lowest BCUT2D eigenvalue weighted by Gasteiger charge is -2.13. The summed E-state index contributed by atoms with van der Waals surface area (Å²) in [5.41, 5.74) is 4.83. The van der Waals surface area contributed by atoms with Crippen LogP contribution in [0.3, 0.4) is 0 Å². The van der Waals surface area contributed by atoms with Crippen LogP contribution in [0.15, 0.2) is 26.8 Å². The molecule has 0 saturated carbocycles. The van der Waals surface area contributed by atoms with Crippen molar-refractivity contribution in [1.82, 2.24) is 10.4 Å². The van der Waals surface area contributed by atoms with Gasteiger partial charge in [-0.1, -0.05) is 0 Å². The molecule has 0 aromatic carbocycles. The van der Waals surface area contributed by atoms with Gasteiger partial charge >= 0.3 is 0 Å². The summed E-state index contributed by atoms with van der Waals surface area (Å²) < 4.78 is 5.90. The Balaban J connectivity index is 2.15. The Hall–Kier alpha value is -0.690. The molecule has 2 aromatic heterocycles. The monoisotopic (exact) mass is 301 g/mol. The summed E-state index contributed by atoms with van der Waals surface area (Å²) in [7, 11) is 0. The highest BCUT2D eigenvalue weighted by molar-refractivity contribution is 9.10. The zero-order chi connectivity index (χ0) is 11.5. The predicted molar refractivity (Wildman–Crippen MR) is 67.0 cm³/mol. The molecule has 0 aliphatic carbocycles. The summed E-state index contributed by atoms with van der Waals surface area (Å²) in [6.07, 6.45) is 2.38. The van der Waals surface area contributed by atoms with Crippen molar-refractivity contribution in [1.29, 1.82) is 0 Å². The SMILES string of the molecule is Cc1nc(CC(NN)c2ccoc2Br)cs1. The van der Waals surface area contributed by atoms with Gasteiger partial charge in [0.2, 0.25) is 0 Å². The number of rotatable bonds is 4. The third-order valence-corrected chi connectivity index (χ3v) is 3.77. The number of aryl methyl sites for hydroxylation is 1. The lowest BCUT2D eigenvalue weighted by Crippen LogP contribution is -2.29. The van der Waals surface area contributed by atoms with E-state index >= 15 is 0 Å². The first kappa shape index (κ1) is 11.8. The van der Waals surface area contributed by atoms with Gasteiger partial charge < -0.3 is 4.42 Å². The summed E-state index contributed by atoms with van der Waals surface area (Å²) in [4.78, 5) is 4.42. The van der Waals surface area contributed by atoms with Crippen LogP contribution in [0.2, 0.25) is 0 Å². The highest BCUT2D eigenvalue weighted by Gasteiger charge is 2.16. The van der Waals surface area contributed by atoms with Gasteiger partial charge in [-0.25, -0.2) is 4.98 Å². The average Bonchev–Trinajstić information content (AvgIpc) is 2.84. The van der Waals surface area contributed by atoms with Gasteiger partial charge in [-0.3, -0.25) is 11.3 Å². The van der Waals surface area contributed by atoms with Crippen LogP contribution in [0.4, 0.5) is 0 Å². The van der Waals surface area contributed by atoms with Gasteiger partial charge in [0.25, 0.3) is 0 Å². The summed E-state index contributed by atoms with van der Waals surface area (Å²) >= 11 is 4.99. The smallest absolute Gasteiger partial charge is 0.173 e. The number of hydrazine groups is 1. The van der Waals surface area contributed by atoms with E-state index < -0.39 is 0 Å².